The second kappa shape index (κ2) is 5.00. The number of rotatable bonds is 2. The van der Waals surface area contributed by atoms with Crippen LogP contribution in [-0.2, 0) is 4.74 Å². The number of fused-ring (bicyclic) bond motifs is 1. The summed E-state index contributed by atoms with van der Waals surface area (Å²) in [5.74, 6) is 0. The van der Waals surface area contributed by atoms with Crippen LogP contribution in [0, 0.1) is 0 Å². The molecule has 102 valence electrons. The van der Waals surface area contributed by atoms with Gasteiger partial charge < -0.3 is 4.74 Å². The van der Waals surface area contributed by atoms with E-state index in [4.69, 9.17) is 9.72 Å². The molecule has 0 atom stereocenters. The third-order valence-electron chi connectivity index (χ3n) is 3.72. The third-order valence-corrected chi connectivity index (χ3v) is 4.78. The monoisotopic (exact) mass is 285 g/mol. The molecule has 3 heterocycles. The number of hydrogen-bond acceptors (Lipinski definition) is 4. The molecule has 20 heavy (non-hydrogen) atoms. The van der Waals surface area contributed by atoms with Crippen molar-refractivity contribution in [3.05, 3.63) is 36.5 Å². The molecule has 0 aliphatic carbocycles. The summed E-state index contributed by atoms with van der Waals surface area (Å²) in [5, 5.41) is 5.57. The Kier molecular flexibility index (Phi) is 3.01. The molecule has 0 radical (unpaired) electrons. The van der Waals surface area contributed by atoms with Crippen molar-refractivity contribution in [1.29, 1.82) is 0 Å². The maximum absolute atomic E-state index is 5.44. The number of para-hydroxylation sites is 1. The van der Waals surface area contributed by atoms with Gasteiger partial charge >= 0.3 is 0 Å². The minimum atomic E-state index is 0.431. The van der Waals surface area contributed by atoms with E-state index in [1.54, 1.807) is 11.3 Å². The van der Waals surface area contributed by atoms with E-state index in [2.05, 4.69) is 34.0 Å². The first-order chi connectivity index (χ1) is 9.92. The molecule has 4 rings (SSSR count). The Morgan fingerprint density at radius 3 is 2.85 bits per heavy atom. The molecule has 1 saturated heterocycles. The minimum Gasteiger partial charge on any atom is -0.381 e. The largest absolute Gasteiger partial charge is 0.381 e. The van der Waals surface area contributed by atoms with E-state index in [1.165, 1.54) is 4.70 Å². The fourth-order valence-corrected chi connectivity index (χ4v) is 3.67. The lowest BCUT2D eigenvalue weighted by molar-refractivity contribution is 0.0667. The van der Waals surface area contributed by atoms with Gasteiger partial charge in [-0.05, 0) is 31.0 Å². The van der Waals surface area contributed by atoms with Crippen molar-refractivity contribution in [2.24, 2.45) is 0 Å². The zero-order valence-corrected chi connectivity index (χ0v) is 11.8. The summed E-state index contributed by atoms with van der Waals surface area (Å²) >= 11 is 1.73. The molecule has 0 amide bonds. The molecule has 0 unspecified atom stereocenters. The molecule has 2 aromatic heterocycles. The van der Waals surface area contributed by atoms with Gasteiger partial charge in [0.05, 0.1) is 22.0 Å². The van der Waals surface area contributed by atoms with Crippen LogP contribution >= 0.6 is 11.3 Å². The highest BCUT2D eigenvalue weighted by Gasteiger charge is 2.20. The lowest BCUT2D eigenvalue weighted by Crippen LogP contribution is -2.21. The fraction of sp³-hybridized carbons (Fsp3) is 0.333. The van der Waals surface area contributed by atoms with Gasteiger partial charge in [0, 0.05) is 19.4 Å². The van der Waals surface area contributed by atoms with Crippen molar-refractivity contribution in [1.82, 2.24) is 14.8 Å². The topological polar surface area (TPSA) is 39.9 Å². The number of thiazole rings is 1. The second-order valence-electron chi connectivity index (χ2n) is 4.99. The van der Waals surface area contributed by atoms with Gasteiger partial charge in [0.1, 0.15) is 5.01 Å². The Bertz CT molecular complexity index is 694. The Morgan fingerprint density at radius 2 is 2.00 bits per heavy atom. The minimum absolute atomic E-state index is 0.431. The summed E-state index contributed by atoms with van der Waals surface area (Å²) in [4.78, 5) is 4.74. The van der Waals surface area contributed by atoms with Crippen LogP contribution in [0.5, 0.6) is 0 Å². The molecule has 0 bridgehead atoms. The molecule has 0 saturated carbocycles. The highest BCUT2D eigenvalue weighted by molar-refractivity contribution is 7.21. The maximum Gasteiger partial charge on any atom is 0.142 e. The van der Waals surface area contributed by atoms with Crippen LogP contribution in [0.4, 0.5) is 0 Å². The smallest absolute Gasteiger partial charge is 0.142 e. The molecule has 4 nitrogen and oxygen atoms in total. The van der Waals surface area contributed by atoms with Gasteiger partial charge in [0.25, 0.3) is 0 Å². The van der Waals surface area contributed by atoms with Crippen LogP contribution in [0.2, 0.25) is 0 Å². The van der Waals surface area contributed by atoms with Gasteiger partial charge in [-0.25, -0.2) is 4.98 Å². The van der Waals surface area contributed by atoms with Crippen LogP contribution < -0.4 is 0 Å². The van der Waals surface area contributed by atoms with Gasteiger partial charge in [-0.15, -0.1) is 11.3 Å². The van der Waals surface area contributed by atoms with Gasteiger partial charge in [0.2, 0.25) is 0 Å². The molecule has 3 aromatic rings. The molecule has 5 heteroatoms. The van der Waals surface area contributed by atoms with Crippen LogP contribution in [-0.4, -0.2) is 28.0 Å². The van der Waals surface area contributed by atoms with E-state index in [9.17, 15) is 0 Å². The molecule has 1 aliphatic heterocycles. The lowest BCUT2D eigenvalue weighted by atomic mass is 10.1. The highest BCUT2D eigenvalue weighted by Crippen LogP contribution is 2.32. The van der Waals surface area contributed by atoms with Crippen LogP contribution in [0.25, 0.3) is 20.9 Å². The molecule has 1 fully saturated rings. The van der Waals surface area contributed by atoms with E-state index in [1.807, 2.05) is 12.3 Å². The molecule has 0 spiro atoms. The van der Waals surface area contributed by atoms with Gasteiger partial charge in [-0.2, -0.15) is 5.10 Å². The number of hydrogen-bond donors (Lipinski definition) is 0. The first-order valence-corrected chi connectivity index (χ1v) is 7.71. The van der Waals surface area contributed by atoms with Crippen LogP contribution in [0.1, 0.15) is 18.9 Å². The van der Waals surface area contributed by atoms with E-state index in [-0.39, 0.29) is 0 Å². The third kappa shape index (κ3) is 2.03. The molecular weight excluding hydrogens is 270 g/mol. The molecule has 1 aliphatic rings. The summed E-state index contributed by atoms with van der Waals surface area (Å²) < 4.78 is 8.79. The predicted molar refractivity (Wildman–Crippen MR) is 79.9 cm³/mol. The standard InChI is InChI=1S/C15H15N3OS/c1-2-4-14-12(3-1)17-15(20-14)13-5-8-16-18(13)11-6-9-19-10-7-11/h1-5,8,11H,6-7,9-10H2. The highest BCUT2D eigenvalue weighted by atomic mass is 32.1. The fourth-order valence-electron chi connectivity index (χ4n) is 2.69. The van der Waals surface area contributed by atoms with Gasteiger partial charge in [-0.1, -0.05) is 12.1 Å². The normalized spacial score (nSPS) is 16.8. The summed E-state index contributed by atoms with van der Waals surface area (Å²) in [6, 6.07) is 10.8. The zero-order valence-electron chi connectivity index (χ0n) is 11.0. The van der Waals surface area contributed by atoms with Crippen LogP contribution in [0.3, 0.4) is 0 Å². The Hall–Kier alpha value is -1.72. The summed E-state index contributed by atoms with van der Waals surface area (Å²) in [6.07, 6.45) is 3.93. The van der Waals surface area contributed by atoms with Crippen molar-refractivity contribution in [3.63, 3.8) is 0 Å². The summed E-state index contributed by atoms with van der Waals surface area (Å²) in [7, 11) is 0. The SMILES string of the molecule is c1ccc2sc(-c3ccnn3C3CCOCC3)nc2c1. The Balaban J connectivity index is 1.76. The Morgan fingerprint density at radius 1 is 1.15 bits per heavy atom. The number of nitrogens with zero attached hydrogens (tertiary/aromatic N) is 3. The lowest BCUT2D eigenvalue weighted by Gasteiger charge is -2.23. The molecular formula is C15H15N3OS. The van der Waals surface area contributed by atoms with Crippen molar-refractivity contribution >= 4 is 21.6 Å². The average molecular weight is 285 g/mol. The number of benzene rings is 1. The molecule has 0 N–H and O–H groups in total. The first kappa shape index (κ1) is 12.1. The van der Waals surface area contributed by atoms with Crippen LogP contribution in [0.15, 0.2) is 36.5 Å². The van der Waals surface area contributed by atoms with Crippen molar-refractivity contribution in [2.45, 2.75) is 18.9 Å². The summed E-state index contributed by atoms with van der Waals surface area (Å²) in [6.45, 7) is 1.65. The molecule has 1 aromatic carbocycles. The van der Waals surface area contributed by atoms with Crippen molar-refractivity contribution in [2.75, 3.05) is 13.2 Å². The van der Waals surface area contributed by atoms with Crippen molar-refractivity contribution in [3.8, 4) is 10.7 Å². The average Bonchev–Trinajstić information content (AvgIpc) is 3.14. The van der Waals surface area contributed by atoms with Gasteiger partial charge in [-0.3, -0.25) is 4.68 Å². The van der Waals surface area contributed by atoms with E-state index >= 15 is 0 Å². The van der Waals surface area contributed by atoms with E-state index in [0.717, 1.165) is 42.3 Å². The van der Waals surface area contributed by atoms with E-state index < -0.39 is 0 Å². The maximum atomic E-state index is 5.44. The van der Waals surface area contributed by atoms with Crippen molar-refractivity contribution < 1.29 is 4.74 Å². The summed E-state index contributed by atoms with van der Waals surface area (Å²) in [5.41, 5.74) is 2.19. The quantitative estimate of drug-likeness (QED) is 0.723. The number of ether oxygens (including phenoxy) is 1. The number of aromatic nitrogens is 3. The Labute approximate surface area is 121 Å². The second-order valence-corrected chi connectivity index (χ2v) is 6.02. The van der Waals surface area contributed by atoms with E-state index in [0.29, 0.717) is 6.04 Å². The first-order valence-electron chi connectivity index (χ1n) is 6.89. The van der Waals surface area contributed by atoms with Gasteiger partial charge in [0.15, 0.2) is 0 Å². The zero-order chi connectivity index (χ0) is 13.4. The predicted octanol–water partition coefficient (Wildman–Crippen LogP) is 3.51.